The summed E-state index contributed by atoms with van der Waals surface area (Å²) in [6.45, 7) is 3.12. The number of rotatable bonds is 4. The molecule has 0 amide bonds. The van der Waals surface area contributed by atoms with Gasteiger partial charge in [-0.2, -0.15) is 0 Å². The summed E-state index contributed by atoms with van der Waals surface area (Å²) >= 11 is 5.66. The SMILES string of the molecule is CCCN(C)c1cncc(CCl)n1. The number of hydrogen-bond acceptors (Lipinski definition) is 3. The highest BCUT2D eigenvalue weighted by atomic mass is 35.5. The molecule has 1 rings (SSSR count). The van der Waals surface area contributed by atoms with Crippen LogP contribution in [0.2, 0.25) is 0 Å². The first kappa shape index (κ1) is 10.3. The Balaban J connectivity index is 2.75. The molecule has 13 heavy (non-hydrogen) atoms. The molecular weight excluding hydrogens is 186 g/mol. The van der Waals surface area contributed by atoms with Crippen LogP contribution in [0.3, 0.4) is 0 Å². The Morgan fingerprint density at radius 2 is 2.23 bits per heavy atom. The molecule has 0 spiro atoms. The van der Waals surface area contributed by atoms with E-state index in [0.717, 1.165) is 24.5 Å². The molecule has 0 aliphatic rings. The van der Waals surface area contributed by atoms with E-state index >= 15 is 0 Å². The maximum Gasteiger partial charge on any atom is 0.147 e. The molecule has 1 aromatic heterocycles. The second-order valence-corrected chi connectivity index (χ2v) is 3.19. The van der Waals surface area contributed by atoms with Crippen LogP contribution in [0.1, 0.15) is 19.0 Å². The second-order valence-electron chi connectivity index (χ2n) is 2.92. The van der Waals surface area contributed by atoms with E-state index in [1.54, 1.807) is 12.4 Å². The maximum absolute atomic E-state index is 5.66. The van der Waals surface area contributed by atoms with Crippen molar-refractivity contribution in [3.8, 4) is 0 Å². The van der Waals surface area contributed by atoms with E-state index in [-0.39, 0.29) is 0 Å². The predicted molar refractivity (Wildman–Crippen MR) is 55.2 cm³/mol. The van der Waals surface area contributed by atoms with Gasteiger partial charge in [0.1, 0.15) is 5.82 Å². The topological polar surface area (TPSA) is 29.0 Å². The molecule has 0 aromatic carbocycles. The summed E-state index contributed by atoms with van der Waals surface area (Å²) in [5, 5.41) is 0. The zero-order valence-electron chi connectivity index (χ0n) is 8.00. The average Bonchev–Trinajstić information content (AvgIpc) is 2.18. The zero-order valence-corrected chi connectivity index (χ0v) is 8.75. The highest BCUT2D eigenvalue weighted by Gasteiger charge is 2.02. The van der Waals surface area contributed by atoms with E-state index in [0.29, 0.717) is 5.88 Å². The van der Waals surface area contributed by atoms with E-state index in [1.807, 2.05) is 7.05 Å². The molecule has 0 N–H and O–H groups in total. The van der Waals surface area contributed by atoms with Crippen LogP contribution in [-0.2, 0) is 5.88 Å². The van der Waals surface area contributed by atoms with E-state index in [4.69, 9.17) is 11.6 Å². The van der Waals surface area contributed by atoms with Crippen molar-refractivity contribution in [2.24, 2.45) is 0 Å². The Bertz CT molecular complexity index is 265. The number of anilines is 1. The highest BCUT2D eigenvalue weighted by Crippen LogP contribution is 2.08. The highest BCUT2D eigenvalue weighted by molar-refractivity contribution is 6.16. The van der Waals surface area contributed by atoms with Crippen molar-refractivity contribution in [2.75, 3.05) is 18.5 Å². The number of halogens is 1. The van der Waals surface area contributed by atoms with Crippen LogP contribution in [-0.4, -0.2) is 23.6 Å². The number of nitrogens with zero attached hydrogens (tertiary/aromatic N) is 3. The van der Waals surface area contributed by atoms with E-state index in [9.17, 15) is 0 Å². The molecule has 72 valence electrons. The van der Waals surface area contributed by atoms with Crippen LogP contribution >= 0.6 is 11.6 Å². The lowest BCUT2D eigenvalue weighted by Gasteiger charge is -2.16. The quantitative estimate of drug-likeness (QED) is 0.696. The van der Waals surface area contributed by atoms with Gasteiger partial charge in [0, 0.05) is 19.8 Å². The zero-order chi connectivity index (χ0) is 9.68. The molecule has 0 radical (unpaired) electrons. The Hall–Kier alpha value is -0.830. The summed E-state index contributed by atoms with van der Waals surface area (Å²) in [4.78, 5) is 10.5. The van der Waals surface area contributed by atoms with Crippen LogP contribution in [0, 0.1) is 0 Å². The third-order valence-corrected chi connectivity index (χ3v) is 2.03. The van der Waals surface area contributed by atoms with Gasteiger partial charge >= 0.3 is 0 Å². The van der Waals surface area contributed by atoms with Crippen LogP contribution in [0.25, 0.3) is 0 Å². The van der Waals surface area contributed by atoms with Gasteiger partial charge in [-0.25, -0.2) is 4.98 Å². The molecule has 0 saturated carbocycles. The molecular formula is C9H14ClN3. The maximum atomic E-state index is 5.66. The fraction of sp³-hybridized carbons (Fsp3) is 0.556. The predicted octanol–water partition coefficient (Wildman–Crippen LogP) is 2.06. The number of hydrogen-bond donors (Lipinski definition) is 0. The van der Waals surface area contributed by atoms with Gasteiger partial charge in [0.05, 0.1) is 17.8 Å². The normalized spacial score (nSPS) is 10.1. The summed E-state index contributed by atoms with van der Waals surface area (Å²) in [6, 6.07) is 0. The summed E-state index contributed by atoms with van der Waals surface area (Å²) in [7, 11) is 2.01. The van der Waals surface area contributed by atoms with Crippen molar-refractivity contribution in [3.63, 3.8) is 0 Å². The van der Waals surface area contributed by atoms with Crippen molar-refractivity contribution >= 4 is 17.4 Å². The van der Waals surface area contributed by atoms with Crippen LogP contribution < -0.4 is 4.90 Å². The van der Waals surface area contributed by atoms with Gasteiger partial charge in [-0.1, -0.05) is 6.92 Å². The fourth-order valence-electron chi connectivity index (χ4n) is 1.09. The molecule has 0 bridgehead atoms. The third kappa shape index (κ3) is 2.84. The Morgan fingerprint density at radius 1 is 1.46 bits per heavy atom. The van der Waals surface area contributed by atoms with Crippen molar-refractivity contribution < 1.29 is 0 Å². The third-order valence-electron chi connectivity index (χ3n) is 1.76. The minimum Gasteiger partial charge on any atom is -0.358 e. The van der Waals surface area contributed by atoms with Crippen molar-refractivity contribution in [2.45, 2.75) is 19.2 Å². The van der Waals surface area contributed by atoms with Crippen LogP contribution in [0.5, 0.6) is 0 Å². The molecule has 0 fully saturated rings. The molecule has 1 heterocycles. The summed E-state index contributed by atoms with van der Waals surface area (Å²) in [6.07, 6.45) is 4.55. The van der Waals surface area contributed by atoms with Crippen molar-refractivity contribution in [1.82, 2.24) is 9.97 Å². The fourth-order valence-corrected chi connectivity index (χ4v) is 1.22. The molecule has 4 heteroatoms. The first-order valence-electron chi connectivity index (χ1n) is 4.36. The minimum absolute atomic E-state index is 0.417. The Kier molecular flexibility index (Phi) is 3.96. The van der Waals surface area contributed by atoms with Gasteiger partial charge in [0.2, 0.25) is 0 Å². The minimum atomic E-state index is 0.417. The molecule has 0 aliphatic heterocycles. The van der Waals surface area contributed by atoms with Gasteiger partial charge in [-0.05, 0) is 6.42 Å². The number of alkyl halides is 1. The second kappa shape index (κ2) is 5.02. The number of aromatic nitrogens is 2. The summed E-state index contributed by atoms with van der Waals surface area (Å²) < 4.78 is 0. The van der Waals surface area contributed by atoms with Gasteiger partial charge in [0.15, 0.2) is 0 Å². The van der Waals surface area contributed by atoms with E-state index < -0.39 is 0 Å². The lowest BCUT2D eigenvalue weighted by molar-refractivity contribution is 0.829. The first-order chi connectivity index (χ1) is 6.27. The van der Waals surface area contributed by atoms with Gasteiger partial charge in [0.25, 0.3) is 0 Å². The van der Waals surface area contributed by atoms with Crippen LogP contribution in [0.4, 0.5) is 5.82 Å². The average molecular weight is 200 g/mol. The smallest absolute Gasteiger partial charge is 0.147 e. The van der Waals surface area contributed by atoms with Crippen molar-refractivity contribution in [3.05, 3.63) is 18.1 Å². The van der Waals surface area contributed by atoms with E-state index in [1.165, 1.54) is 0 Å². The summed E-state index contributed by atoms with van der Waals surface area (Å²) in [5.74, 6) is 1.31. The molecule has 0 aliphatic carbocycles. The molecule has 0 unspecified atom stereocenters. The van der Waals surface area contributed by atoms with Crippen molar-refractivity contribution in [1.29, 1.82) is 0 Å². The molecule has 3 nitrogen and oxygen atoms in total. The molecule has 1 aromatic rings. The molecule has 0 saturated heterocycles. The van der Waals surface area contributed by atoms with E-state index in [2.05, 4.69) is 21.8 Å². The Morgan fingerprint density at radius 3 is 2.85 bits per heavy atom. The largest absolute Gasteiger partial charge is 0.358 e. The standard InChI is InChI=1S/C9H14ClN3/c1-3-4-13(2)9-7-11-6-8(5-10)12-9/h6-7H,3-5H2,1-2H3. The van der Waals surface area contributed by atoms with Gasteiger partial charge in [-0.3, -0.25) is 4.98 Å². The molecule has 0 atom stereocenters. The van der Waals surface area contributed by atoms with Gasteiger partial charge in [-0.15, -0.1) is 11.6 Å². The first-order valence-corrected chi connectivity index (χ1v) is 4.89. The Labute approximate surface area is 83.8 Å². The summed E-state index contributed by atoms with van der Waals surface area (Å²) in [5.41, 5.74) is 0.821. The monoisotopic (exact) mass is 199 g/mol. The lowest BCUT2D eigenvalue weighted by Crippen LogP contribution is -2.19. The van der Waals surface area contributed by atoms with Crippen LogP contribution in [0.15, 0.2) is 12.4 Å². The van der Waals surface area contributed by atoms with Gasteiger partial charge < -0.3 is 4.90 Å². The lowest BCUT2D eigenvalue weighted by atomic mass is 10.4.